The lowest BCUT2D eigenvalue weighted by Gasteiger charge is -2.15. The number of nitrogens with zero attached hydrogens (tertiary/aromatic N) is 4. The molecule has 0 aromatic carbocycles. The van der Waals surface area contributed by atoms with E-state index in [0.29, 0.717) is 5.92 Å². The second kappa shape index (κ2) is 7.29. The van der Waals surface area contributed by atoms with Crippen molar-refractivity contribution in [1.82, 2.24) is 19.9 Å². The smallest absolute Gasteiger partial charge is 0.133 e. The fourth-order valence-corrected chi connectivity index (χ4v) is 3.91. The zero-order valence-corrected chi connectivity index (χ0v) is 15.2. The van der Waals surface area contributed by atoms with Gasteiger partial charge in [0.25, 0.3) is 0 Å². The van der Waals surface area contributed by atoms with E-state index in [0.717, 1.165) is 35.3 Å². The number of hydrogen-bond acceptors (Lipinski definition) is 6. The maximum atomic E-state index is 4.73. The summed E-state index contributed by atoms with van der Waals surface area (Å²) in [6, 6.07) is 6.17. The van der Waals surface area contributed by atoms with Gasteiger partial charge in [-0.25, -0.2) is 15.0 Å². The van der Waals surface area contributed by atoms with Gasteiger partial charge in [0.1, 0.15) is 10.8 Å². The zero-order chi connectivity index (χ0) is 16.2. The molecule has 3 heterocycles. The monoisotopic (exact) mass is 344 g/mol. The van der Waals surface area contributed by atoms with Crippen LogP contribution in [0, 0.1) is 0 Å². The largest absolute Gasteiger partial charge is 0.295 e. The first-order valence-corrected chi connectivity index (χ1v) is 9.36. The second-order valence-corrected chi connectivity index (χ2v) is 7.66. The van der Waals surface area contributed by atoms with Gasteiger partial charge in [0, 0.05) is 30.6 Å². The summed E-state index contributed by atoms with van der Waals surface area (Å²) in [5, 5.41) is 5.34. The molecule has 23 heavy (non-hydrogen) atoms. The van der Waals surface area contributed by atoms with Crippen molar-refractivity contribution in [3.63, 3.8) is 0 Å². The fourth-order valence-electron chi connectivity index (χ4n) is 2.28. The first-order valence-electron chi connectivity index (χ1n) is 7.60. The highest BCUT2D eigenvalue weighted by Crippen LogP contribution is 2.28. The third kappa shape index (κ3) is 4.22. The van der Waals surface area contributed by atoms with Gasteiger partial charge in [0.05, 0.1) is 16.3 Å². The molecule has 0 unspecified atom stereocenters. The van der Waals surface area contributed by atoms with Crippen LogP contribution in [0.1, 0.15) is 37.0 Å². The minimum Gasteiger partial charge on any atom is -0.295 e. The molecule has 3 rings (SSSR count). The molecule has 0 amide bonds. The average molecular weight is 345 g/mol. The summed E-state index contributed by atoms with van der Waals surface area (Å²) >= 11 is 3.44. The average Bonchev–Trinajstić information content (AvgIpc) is 3.18. The molecule has 0 N–H and O–H groups in total. The third-order valence-electron chi connectivity index (χ3n) is 3.40. The fraction of sp³-hybridized carbons (Fsp3) is 0.353. The summed E-state index contributed by atoms with van der Waals surface area (Å²) in [4.78, 5) is 17.2. The normalized spacial score (nSPS) is 11.5. The molecule has 3 aromatic heterocycles. The molecular formula is C17H20N4S2. The summed E-state index contributed by atoms with van der Waals surface area (Å²) in [5.41, 5.74) is 2.17. The van der Waals surface area contributed by atoms with Crippen molar-refractivity contribution in [2.45, 2.75) is 32.9 Å². The number of hydrogen-bond donors (Lipinski definition) is 0. The highest BCUT2D eigenvalue weighted by Gasteiger charge is 2.10. The van der Waals surface area contributed by atoms with Gasteiger partial charge in [-0.05, 0) is 24.6 Å². The minimum absolute atomic E-state index is 0.354. The Morgan fingerprint density at radius 2 is 1.91 bits per heavy atom. The Bertz CT molecular complexity index is 750. The first kappa shape index (κ1) is 16.2. The van der Waals surface area contributed by atoms with E-state index < -0.39 is 0 Å². The topological polar surface area (TPSA) is 41.9 Å². The number of rotatable bonds is 6. The maximum Gasteiger partial charge on any atom is 0.133 e. The predicted octanol–water partition coefficient (Wildman–Crippen LogP) is 4.42. The lowest BCUT2D eigenvalue weighted by atomic mass is 10.2. The zero-order valence-electron chi connectivity index (χ0n) is 13.6. The van der Waals surface area contributed by atoms with Crippen LogP contribution in [0.2, 0.25) is 0 Å². The van der Waals surface area contributed by atoms with Crippen LogP contribution in [0.25, 0.3) is 9.88 Å². The molecule has 0 radical (unpaired) electrons. The lowest BCUT2D eigenvalue weighted by Crippen LogP contribution is -2.18. The molecule has 120 valence electrons. The molecule has 3 aromatic rings. The van der Waals surface area contributed by atoms with Gasteiger partial charge in [-0.1, -0.05) is 19.9 Å². The van der Waals surface area contributed by atoms with E-state index in [1.54, 1.807) is 22.7 Å². The Kier molecular flexibility index (Phi) is 5.15. The molecule has 0 aliphatic rings. The van der Waals surface area contributed by atoms with E-state index in [9.17, 15) is 0 Å². The molecule has 0 saturated heterocycles. The quantitative estimate of drug-likeness (QED) is 0.664. The van der Waals surface area contributed by atoms with Crippen LogP contribution >= 0.6 is 22.7 Å². The summed E-state index contributed by atoms with van der Waals surface area (Å²) in [6.07, 6.45) is 1.85. The van der Waals surface area contributed by atoms with E-state index in [1.807, 2.05) is 12.3 Å². The molecule has 0 spiro atoms. The molecule has 0 atom stereocenters. The van der Waals surface area contributed by atoms with E-state index >= 15 is 0 Å². The molecule has 4 nitrogen and oxygen atoms in total. The van der Waals surface area contributed by atoms with Crippen molar-refractivity contribution >= 4 is 22.7 Å². The van der Waals surface area contributed by atoms with Gasteiger partial charge < -0.3 is 0 Å². The van der Waals surface area contributed by atoms with Crippen LogP contribution in [-0.4, -0.2) is 26.9 Å². The number of thiazole rings is 1. The summed E-state index contributed by atoms with van der Waals surface area (Å²) in [7, 11) is 2.10. The van der Waals surface area contributed by atoms with Crippen molar-refractivity contribution in [2.24, 2.45) is 0 Å². The number of thiophene rings is 1. The molecule has 0 aliphatic carbocycles. The highest BCUT2D eigenvalue weighted by molar-refractivity contribution is 7.20. The van der Waals surface area contributed by atoms with Crippen molar-refractivity contribution in [2.75, 3.05) is 7.05 Å². The Labute approximate surface area is 144 Å². The summed E-state index contributed by atoms with van der Waals surface area (Å²) in [6.45, 7) is 5.85. The molecule has 0 saturated carbocycles. The van der Waals surface area contributed by atoms with E-state index in [4.69, 9.17) is 4.98 Å². The van der Waals surface area contributed by atoms with Crippen LogP contribution in [-0.2, 0) is 13.1 Å². The van der Waals surface area contributed by atoms with Crippen LogP contribution in [0.4, 0.5) is 0 Å². The van der Waals surface area contributed by atoms with Crippen molar-refractivity contribution in [3.05, 3.63) is 52.4 Å². The standard InChI is InChI=1S/C17H20N4S2/c1-12(2)16-18-7-6-13(19-16)9-21(3)10-14-11-23-17(20-14)15-5-4-8-22-15/h4-8,11-12H,9-10H2,1-3H3. The second-order valence-electron chi connectivity index (χ2n) is 5.85. The van der Waals surface area contributed by atoms with Crippen LogP contribution in [0.3, 0.4) is 0 Å². The van der Waals surface area contributed by atoms with Crippen molar-refractivity contribution in [3.8, 4) is 9.88 Å². The third-order valence-corrected chi connectivity index (χ3v) is 5.33. The van der Waals surface area contributed by atoms with Crippen LogP contribution in [0.15, 0.2) is 35.2 Å². The van der Waals surface area contributed by atoms with E-state index in [2.05, 4.69) is 58.7 Å². The Morgan fingerprint density at radius 1 is 1.09 bits per heavy atom. The number of aromatic nitrogens is 3. The summed E-state index contributed by atoms with van der Waals surface area (Å²) < 4.78 is 0. The van der Waals surface area contributed by atoms with Gasteiger partial charge in [0.15, 0.2) is 0 Å². The van der Waals surface area contributed by atoms with E-state index in [-0.39, 0.29) is 0 Å². The molecular weight excluding hydrogens is 324 g/mol. The van der Waals surface area contributed by atoms with Gasteiger partial charge in [-0.3, -0.25) is 4.90 Å². The predicted molar refractivity (Wildman–Crippen MR) is 96.7 cm³/mol. The summed E-state index contributed by atoms with van der Waals surface area (Å²) in [5.74, 6) is 1.26. The minimum atomic E-state index is 0.354. The SMILES string of the molecule is CC(C)c1nccc(CN(C)Cc2csc(-c3cccs3)n2)n1. The Hall–Kier alpha value is -1.63. The molecule has 6 heteroatoms. The van der Waals surface area contributed by atoms with Crippen molar-refractivity contribution < 1.29 is 0 Å². The van der Waals surface area contributed by atoms with Crippen LogP contribution < -0.4 is 0 Å². The van der Waals surface area contributed by atoms with Crippen LogP contribution in [0.5, 0.6) is 0 Å². The lowest BCUT2D eigenvalue weighted by molar-refractivity contribution is 0.311. The Morgan fingerprint density at radius 3 is 2.65 bits per heavy atom. The first-order chi connectivity index (χ1) is 11.1. The van der Waals surface area contributed by atoms with Gasteiger partial charge in [-0.2, -0.15) is 0 Å². The molecule has 0 fully saturated rings. The van der Waals surface area contributed by atoms with Gasteiger partial charge in [0.2, 0.25) is 0 Å². The van der Waals surface area contributed by atoms with Gasteiger partial charge in [-0.15, -0.1) is 22.7 Å². The molecule has 0 aliphatic heterocycles. The maximum absolute atomic E-state index is 4.73. The highest BCUT2D eigenvalue weighted by atomic mass is 32.1. The van der Waals surface area contributed by atoms with Gasteiger partial charge >= 0.3 is 0 Å². The van der Waals surface area contributed by atoms with E-state index in [1.165, 1.54) is 4.88 Å². The van der Waals surface area contributed by atoms with Crippen molar-refractivity contribution in [1.29, 1.82) is 0 Å². The Balaban J connectivity index is 1.63. The molecule has 0 bridgehead atoms.